The Hall–Kier alpha value is -1.06. The van der Waals surface area contributed by atoms with Crippen molar-refractivity contribution < 1.29 is 0 Å². The molecule has 2 nitrogen and oxygen atoms in total. The number of rotatable bonds is 3. The molecule has 16 heavy (non-hydrogen) atoms. The van der Waals surface area contributed by atoms with E-state index in [0.717, 1.165) is 28.0 Å². The van der Waals surface area contributed by atoms with Crippen molar-refractivity contribution in [2.24, 2.45) is 0 Å². The summed E-state index contributed by atoms with van der Waals surface area (Å²) in [5.41, 5.74) is 2.19. The summed E-state index contributed by atoms with van der Waals surface area (Å²) in [6.07, 6.45) is 0. The van der Waals surface area contributed by atoms with Crippen LogP contribution in [0.3, 0.4) is 0 Å². The number of aromatic nitrogens is 1. The third-order valence-electron chi connectivity index (χ3n) is 2.36. The number of benzene rings is 1. The van der Waals surface area contributed by atoms with Gasteiger partial charge in [0, 0.05) is 15.6 Å². The van der Waals surface area contributed by atoms with Gasteiger partial charge in [0.15, 0.2) is 0 Å². The molecule has 1 aromatic heterocycles. The number of hydrogen-bond donors (Lipinski definition) is 1. The van der Waals surface area contributed by atoms with Crippen LogP contribution in [-0.4, -0.2) is 4.98 Å². The minimum absolute atomic E-state index is 0.756. The SMILES string of the molecule is Cc1nc(CNc2ccc(Cl)cc2)sc1C. The van der Waals surface area contributed by atoms with Crippen LogP contribution in [0.2, 0.25) is 5.02 Å². The first-order valence-electron chi connectivity index (χ1n) is 5.07. The van der Waals surface area contributed by atoms with Crippen molar-refractivity contribution in [2.75, 3.05) is 5.32 Å². The molecule has 0 fully saturated rings. The van der Waals surface area contributed by atoms with E-state index in [1.165, 1.54) is 4.88 Å². The van der Waals surface area contributed by atoms with Crippen LogP contribution in [-0.2, 0) is 6.54 Å². The minimum atomic E-state index is 0.756. The molecule has 0 saturated carbocycles. The van der Waals surface area contributed by atoms with Crippen molar-refractivity contribution in [1.29, 1.82) is 0 Å². The van der Waals surface area contributed by atoms with E-state index >= 15 is 0 Å². The van der Waals surface area contributed by atoms with Crippen LogP contribution in [0.1, 0.15) is 15.6 Å². The first-order chi connectivity index (χ1) is 7.65. The molecule has 84 valence electrons. The van der Waals surface area contributed by atoms with Crippen LogP contribution < -0.4 is 5.32 Å². The second-order valence-corrected chi connectivity index (χ2v) is 5.33. The molecule has 0 radical (unpaired) electrons. The summed E-state index contributed by atoms with van der Waals surface area (Å²) in [5.74, 6) is 0. The smallest absolute Gasteiger partial charge is 0.112 e. The number of hydrogen-bond acceptors (Lipinski definition) is 3. The summed E-state index contributed by atoms with van der Waals surface area (Å²) >= 11 is 7.55. The van der Waals surface area contributed by atoms with Gasteiger partial charge in [0.1, 0.15) is 5.01 Å². The summed E-state index contributed by atoms with van der Waals surface area (Å²) in [4.78, 5) is 5.76. The van der Waals surface area contributed by atoms with E-state index in [-0.39, 0.29) is 0 Å². The lowest BCUT2D eigenvalue weighted by atomic mass is 10.3. The molecule has 2 rings (SSSR count). The van der Waals surface area contributed by atoms with E-state index in [2.05, 4.69) is 17.2 Å². The monoisotopic (exact) mass is 252 g/mol. The second kappa shape index (κ2) is 4.85. The zero-order valence-corrected chi connectivity index (χ0v) is 10.8. The molecule has 0 saturated heterocycles. The van der Waals surface area contributed by atoms with Crippen molar-refractivity contribution >= 4 is 28.6 Å². The van der Waals surface area contributed by atoms with E-state index in [1.807, 2.05) is 31.2 Å². The van der Waals surface area contributed by atoms with Gasteiger partial charge in [-0.05, 0) is 38.1 Å². The van der Waals surface area contributed by atoms with Crippen molar-refractivity contribution in [1.82, 2.24) is 4.98 Å². The highest BCUT2D eigenvalue weighted by molar-refractivity contribution is 7.11. The molecular weight excluding hydrogens is 240 g/mol. The normalized spacial score (nSPS) is 10.4. The molecule has 1 N–H and O–H groups in total. The Kier molecular flexibility index (Phi) is 3.46. The van der Waals surface area contributed by atoms with Gasteiger partial charge < -0.3 is 5.32 Å². The molecule has 4 heteroatoms. The second-order valence-electron chi connectivity index (χ2n) is 3.61. The number of nitrogens with zero attached hydrogens (tertiary/aromatic N) is 1. The van der Waals surface area contributed by atoms with Gasteiger partial charge in [0.05, 0.1) is 12.2 Å². The van der Waals surface area contributed by atoms with Gasteiger partial charge in [-0.1, -0.05) is 11.6 Å². The zero-order chi connectivity index (χ0) is 11.5. The van der Waals surface area contributed by atoms with E-state index in [9.17, 15) is 0 Å². The molecule has 0 atom stereocenters. The van der Waals surface area contributed by atoms with Gasteiger partial charge >= 0.3 is 0 Å². The van der Waals surface area contributed by atoms with Crippen molar-refractivity contribution in [3.63, 3.8) is 0 Å². The molecule has 0 unspecified atom stereocenters. The maximum absolute atomic E-state index is 5.81. The lowest BCUT2D eigenvalue weighted by Crippen LogP contribution is -1.98. The predicted molar refractivity (Wildman–Crippen MR) is 70.4 cm³/mol. The first-order valence-corrected chi connectivity index (χ1v) is 6.27. The van der Waals surface area contributed by atoms with Crippen molar-refractivity contribution in [3.8, 4) is 0 Å². The molecule has 0 spiro atoms. The van der Waals surface area contributed by atoms with Crippen molar-refractivity contribution in [3.05, 3.63) is 44.9 Å². The maximum Gasteiger partial charge on any atom is 0.112 e. The standard InChI is InChI=1S/C12H13ClN2S/c1-8-9(2)16-12(15-8)7-14-11-5-3-10(13)4-6-11/h3-6,14H,7H2,1-2H3. The van der Waals surface area contributed by atoms with Gasteiger partial charge in [0.25, 0.3) is 0 Å². The fraction of sp³-hybridized carbons (Fsp3) is 0.250. The Balaban J connectivity index is 1.99. The zero-order valence-electron chi connectivity index (χ0n) is 9.25. The van der Waals surface area contributed by atoms with Gasteiger partial charge in [-0.15, -0.1) is 11.3 Å². The third kappa shape index (κ3) is 2.74. The van der Waals surface area contributed by atoms with Crippen LogP contribution in [0.5, 0.6) is 0 Å². The molecule has 0 aliphatic heterocycles. The number of nitrogens with one attached hydrogen (secondary N) is 1. The summed E-state index contributed by atoms with van der Waals surface area (Å²) in [7, 11) is 0. The average Bonchev–Trinajstić information content (AvgIpc) is 2.58. The topological polar surface area (TPSA) is 24.9 Å². The number of anilines is 1. The lowest BCUT2D eigenvalue weighted by molar-refractivity contribution is 1.07. The molecule has 1 aromatic carbocycles. The highest BCUT2D eigenvalue weighted by Gasteiger charge is 2.02. The van der Waals surface area contributed by atoms with E-state index in [0.29, 0.717) is 0 Å². The number of halogens is 1. The van der Waals surface area contributed by atoms with Gasteiger partial charge in [-0.2, -0.15) is 0 Å². The molecule has 0 bridgehead atoms. The fourth-order valence-electron chi connectivity index (χ4n) is 1.36. The predicted octanol–water partition coefficient (Wildman–Crippen LogP) is 4.03. The molecule has 0 amide bonds. The van der Waals surface area contributed by atoms with Crippen LogP contribution in [0.25, 0.3) is 0 Å². The van der Waals surface area contributed by atoms with E-state index in [1.54, 1.807) is 11.3 Å². The Morgan fingerprint density at radius 1 is 1.25 bits per heavy atom. The summed E-state index contributed by atoms with van der Waals surface area (Å²) < 4.78 is 0. The van der Waals surface area contributed by atoms with E-state index in [4.69, 9.17) is 11.6 Å². The summed E-state index contributed by atoms with van der Waals surface area (Å²) in [6, 6.07) is 7.69. The van der Waals surface area contributed by atoms with E-state index < -0.39 is 0 Å². The van der Waals surface area contributed by atoms with Crippen molar-refractivity contribution in [2.45, 2.75) is 20.4 Å². The maximum atomic E-state index is 5.81. The average molecular weight is 253 g/mol. The molecular formula is C12H13ClN2S. The summed E-state index contributed by atoms with van der Waals surface area (Å²) in [5, 5.41) is 5.19. The highest BCUT2D eigenvalue weighted by atomic mass is 35.5. The van der Waals surface area contributed by atoms with Crippen LogP contribution in [0.15, 0.2) is 24.3 Å². The first kappa shape index (κ1) is 11.4. The quantitative estimate of drug-likeness (QED) is 0.892. The molecule has 0 aliphatic carbocycles. The lowest BCUT2D eigenvalue weighted by Gasteiger charge is -2.03. The minimum Gasteiger partial charge on any atom is -0.379 e. The highest BCUT2D eigenvalue weighted by Crippen LogP contribution is 2.18. The molecule has 2 aromatic rings. The Bertz CT molecular complexity index is 457. The van der Waals surface area contributed by atoms with Gasteiger partial charge in [0.2, 0.25) is 0 Å². The molecule has 0 aliphatic rings. The Morgan fingerprint density at radius 3 is 2.50 bits per heavy atom. The van der Waals surface area contributed by atoms with Crippen LogP contribution >= 0.6 is 22.9 Å². The summed E-state index contributed by atoms with van der Waals surface area (Å²) in [6.45, 7) is 4.90. The fourth-order valence-corrected chi connectivity index (χ4v) is 2.36. The third-order valence-corrected chi connectivity index (χ3v) is 3.69. The van der Waals surface area contributed by atoms with Gasteiger partial charge in [-0.3, -0.25) is 0 Å². The van der Waals surface area contributed by atoms with Crippen LogP contribution in [0.4, 0.5) is 5.69 Å². The molecule has 1 heterocycles. The van der Waals surface area contributed by atoms with Gasteiger partial charge in [-0.25, -0.2) is 4.98 Å². The number of aryl methyl sites for hydroxylation is 2. The Labute approximate surface area is 104 Å². The van der Waals surface area contributed by atoms with Crippen LogP contribution in [0, 0.1) is 13.8 Å². The Morgan fingerprint density at radius 2 is 1.94 bits per heavy atom. The largest absolute Gasteiger partial charge is 0.379 e. The number of thiazole rings is 1.